The normalized spacial score (nSPS) is 15.4. The molecule has 6 heteroatoms. The van der Waals surface area contributed by atoms with E-state index in [0.717, 1.165) is 23.8 Å². The second-order valence-corrected chi connectivity index (χ2v) is 7.69. The number of fused-ring (bicyclic) bond motifs is 3. The van der Waals surface area contributed by atoms with E-state index >= 15 is 0 Å². The van der Waals surface area contributed by atoms with Gasteiger partial charge in [-0.25, -0.2) is 9.78 Å². The van der Waals surface area contributed by atoms with Crippen LogP contribution in [0.4, 0.5) is 5.82 Å². The number of carbonyl (C=O) groups excluding carboxylic acids is 1. The molecule has 0 unspecified atom stereocenters. The quantitative estimate of drug-likeness (QED) is 0.550. The van der Waals surface area contributed by atoms with Crippen molar-refractivity contribution >= 4 is 33.6 Å². The van der Waals surface area contributed by atoms with E-state index in [1.165, 1.54) is 19.3 Å². The van der Waals surface area contributed by atoms with Crippen LogP contribution in [-0.4, -0.2) is 35.4 Å². The molecule has 2 aromatic heterocycles. The summed E-state index contributed by atoms with van der Waals surface area (Å²) in [6, 6.07) is 9.51. The molecule has 0 atom stereocenters. The molecule has 4 rings (SSSR count). The maximum atomic E-state index is 12.6. The van der Waals surface area contributed by atoms with Gasteiger partial charge in [-0.1, -0.05) is 31.4 Å². The number of aryl methyl sites for hydroxylation is 1. The highest BCUT2D eigenvalue weighted by atomic mass is 16.4. The van der Waals surface area contributed by atoms with Crippen LogP contribution in [0, 0.1) is 6.92 Å². The molecule has 146 valence electrons. The lowest BCUT2D eigenvalue weighted by molar-refractivity contribution is -0.117. The number of para-hydroxylation sites is 1. The van der Waals surface area contributed by atoms with E-state index in [0.29, 0.717) is 34.9 Å². The Balaban J connectivity index is 1.61. The number of nitrogens with one attached hydrogen (secondary N) is 1. The molecular weight excluding hydrogens is 354 g/mol. The predicted octanol–water partition coefficient (Wildman–Crippen LogP) is 3.85. The summed E-state index contributed by atoms with van der Waals surface area (Å²) >= 11 is 0. The molecule has 0 radical (unpaired) electrons. The van der Waals surface area contributed by atoms with Gasteiger partial charge >= 0.3 is 5.63 Å². The van der Waals surface area contributed by atoms with E-state index in [4.69, 9.17) is 4.42 Å². The van der Waals surface area contributed by atoms with E-state index in [1.807, 2.05) is 32.2 Å². The third-order valence-electron chi connectivity index (χ3n) is 5.62. The molecular formula is C22H25N3O3. The summed E-state index contributed by atoms with van der Waals surface area (Å²) in [7, 11) is 2.01. The Morgan fingerprint density at radius 2 is 2.00 bits per heavy atom. The number of hydrogen-bond donors (Lipinski definition) is 1. The van der Waals surface area contributed by atoms with Crippen molar-refractivity contribution in [2.75, 3.05) is 18.9 Å². The van der Waals surface area contributed by atoms with Crippen molar-refractivity contribution in [1.29, 1.82) is 0 Å². The summed E-state index contributed by atoms with van der Waals surface area (Å²) in [4.78, 5) is 31.6. The van der Waals surface area contributed by atoms with Crippen molar-refractivity contribution in [3.63, 3.8) is 0 Å². The maximum Gasteiger partial charge on any atom is 0.346 e. The first-order chi connectivity index (χ1) is 13.5. The number of rotatable bonds is 4. The zero-order valence-electron chi connectivity index (χ0n) is 16.3. The summed E-state index contributed by atoms with van der Waals surface area (Å²) in [5, 5.41) is 4.12. The average molecular weight is 379 g/mol. The smallest absolute Gasteiger partial charge is 0.346 e. The zero-order chi connectivity index (χ0) is 19.7. The van der Waals surface area contributed by atoms with Crippen LogP contribution in [0.5, 0.6) is 0 Å². The van der Waals surface area contributed by atoms with Gasteiger partial charge in [-0.2, -0.15) is 0 Å². The molecule has 1 aliphatic carbocycles. The Morgan fingerprint density at radius 1 is 1.25 bits per heavy atom. The third kappa shape index (κ3) is 3.64. The van der Waals surface area contributed by atoms with Gasteiger partial charge in [-0.3, -0.25) is 9.69 Å². The summed E-state index contributed by atoms with van der Waals surface area (Å²) in [5.41, 5.74) is 1.38. The van der Waals surface area contributed by atoms with Crippen molar-refractivity contribution in [3.8, 4) is 0 Å². The van der Waals surface area contributed by atoms with Gasteiger partial charge in [0.1, 0.15) is 11.4 Å². The van der Waals surface area contributed by atoms with Crippen LogP contribution in [-0.2, 0) is 4.79 Å². The molecule has 0 saturated heterocycles. The summed E-state index contributed by atoms with van der Waals surface area (Å²) < 4.78 is 5.41. The molecule has 1 saturated carbocycles. The summed E-state index contributed by atoms with van der Waals surface area (Å²) in [5.74, 6) is 0.370. The summed E-state index contributed by atoms with van der Waals surface area (Å²) in [6.07, 6.45) is 6.06. The fourth-order valence-electron chi connectivity index (χ4n) is 4.15. The number of carbonyl (C=O) groups is 1. The van der Waals surface area contributed by atoms with Gasteiger partial charge in [-0.15, -0.1) is 0 Å². The number of nitrogens with zero attached hydrogens (tertiary/aromatic N) is 2. The van der Waals surface area contributed by atoms with Crippen LogP contribution in [0.15, 0.2) is 39.5 Å². The number of aromatic nitrogens is 1. The highest BCUT2D eigenvalue weighted by molar-refractivity contribution is 6.04. The van der Waals surface area contributed by atoms with Crippen LogP contribution in [0.1, 0.15) is 37.7 Å². The molecule has 6 nitrogen and oxygen atoms in total. The Labute approximate surface area is 163 Å². The van der Waals surface area contributed by atoms with Gasteiger partial charge in [-0.05, 0) is 50.6 Å². The van der Waals surface area contributed by atoms with E-state index in [1.54, 1.807) is 12.1 Å². The van der Waals surface area contributed by atoms with Gasteiger partial charge in [0.2, 0.25) is 5.91 Å². The van der Waals surface area contributed by atoms with E-state index in [2.05, 4.69) is 15.2 Å². The average Bonchev–Trinajstić information content (AvgIpc) is 2.68. The third-order valence-corrected chi connectivity index (χ3v) is 5.62. The topological polar surface area (TPSA) is 75.4 Å². The van der Waals surface area contributed by atoms with Crippen LogP contribution >= 0.6 is 0 Å². The van der Waals surface area contributed by atoms with E-state index in [9.17, 15) is 9.59 Å². The van der Waals surface area contributed by atoms with Crippen LogP contribution < -0.4 is 10.9 Å². The fourth-order valence-corrected chi connectivity index (χ4v) is 4.15. The molecule has 28 heavy (non-hydrogen) atoms. The molecule has 1 aliphatic rings. The highest BCUT2D eigenvalue weighted by Crippen LogP contribution is 2.25. The minimum Gasteiger partial charge on any atom is -0.422 e. The van der Waals surface area contributed by atoms with Crippen molar-refractivity contribution in [1.82, 2.24) is 9.88 Å². The van der Waals surface area contributed by atoms with Crippen molar-refractivity contribution in [2.45, 2.75) is 45.1 Å². The largest absolute Gasteiger partial charge is 0.422 e. The van der Waals surface area contributed by atoms with Crippen molar-refractivity contribution < 1.29 is 9.21 Å². The number of benzene rings is 1. The van der Waals surface area contributed by atoms with Crippen molar-refractivity contribution in [2.24, 2.45) is 0 Å². The molecule has 0 aliphatic heterocycles. The monoisotopic (exact) mass is 379 g/mol. The SMILES string of the molecule is Cc1cc(NC(=O)CN(C)C2CCCCC2)nc2c1c(=O)oc1ccccc12. The first kappa shape index (κ1) is 18.6. The Kier molecular flexibility index (Phi) is 5.13. The van der Waals surface area contributed by atoms with Crippen molar-refractivity contribution in [3.05, 3.63) is 46.3 Å². The lowest BCUT2D eigenvalue weighted by atomic mass is 9.94. The number of amides is 1. The minimum absolute atomic E-state index is 0.0911. The second-order valence-electron chi connectivity index (χ2n) is 7.69. The van der Waals surface area contributed by atoms with Crippen LogP contribution in [0.3, 0.4) is 0 Å². The predicted molar refractivity (Wildman–Crippen MR) is 111 cm³/mol. The second kappa shape index (κ2) is 7.72. The standard InChI is InChI=1S/C22H25N3O3/c1-14-12-18(23-19(26)13-25(2)15-8-4-3-5-9-15)24-21-16-10-6-7-11-17(16)28-22(27)20(14)21/h6-7,10-12,15H,3-5,8-9,13H2,1-2H3,(H,23,24,26). The number of anilines is 1. The fraction of sp³-hybridized carbons (Fsp3) is 0.409. The number of hydrogen-bond acceptors (Lipinski definition) is 5. The van der Waals surface area contributed by atoms with Gasteiger partial charge < -0.3 is 9.73 Å². The lowest BCUT2D eigenvalue weighted by Gasteiger charge is -2.30. The lowest BCUT2D eigenvalue weighted by Crippen LogP contribution is -2.39. The van der Waals surface area contributed by atoms with E-state index in [-0.39, 0.29) is 5.91 Å². The van der Waals surface area contributed by atoms with Gasteiger partial charge in [0.25, 0.3) is 0 Å². The molecule has 1 amide bonds. The van der Waals surface area contributed by atoms with Gasteiger partial charge in [0.05, 0.1) is 17.4 Å². The van der Waals surface area contributed by atoms with Crippen LogP contribution in [0.25, 0.3) is 21.9 Å². The van der Waals surface area contributed by atoms with Gasteiger partial charge in [0.15, 0.2) is 0 Å². The number of likely N-dealkylation sites (N-methyl/N-ethyl adjacent to an activating group) is 1. The summed E-state index contributed by atoms with van der Waals surface area (Å²) in [6.45, 7) is 2.17. The molecule has 3 aromatic rings. The molecule has 1 N–H and O–H groups in total. The zero-order valence-corrected chi connectivity index (χ0v) is 16.3. The molecule has 1 fully saturated rings. The maximum absolute atomic E-state index is 12.6. The molecule has 0 spiro atoms. The highest BCUT2D eigenvalue weighted by Gasteiger charge is 2.20. The Hall–Kier alpha value is -2.73. The molecule has 2 heterocycles. The minimum atomic E-state index is -0.409. The Bertz CT molecular complexity index is 1080. The first-order valence-corrected chi connectivity index (χ1v) is 9.86. The van der Waals surface area contributed by atoms with E-state index < -0.39 is 5.63 Å². The Morgan fingerprint density at radius 3 is 2.79 bits per heavy atom. The molecule has 0 bridgehead atoms. The first-order valence-electron chi connectivity index (χ1n) is 9.86. The van der Waals surface area contributed by atoms with Gasteiger partial charge in [0, 0.05) is 11.4 Å². The van der Waals surface area contributed by atoms with Crippen LogP contribution in [0.2, 0.25) is 0 Å². The number of pyridine rings is 1. The molecule has 1 aromatic carbocycles.